The third kappa shape index (κ3) is 2.63. The van der Waals surface area contributed by atoms with Crippen LogP contribution in [0.2, 0.25) is 0 Å². The quantitative estimate of drug-likeness (QED) is 0.827. The van der Waals surface area contributed by atoms with Crippen molar-refractivity contribution in [3.8, 4) is 0 Å². The highest BCUT2D eigenvalue weighted by Gasteiger charge is 2.23. The summed E-state index contributed by atoms with van der Waals surface area (Å²) in [6.45, 7) is 2.23. The first kappa shape index (κ1) is 12.3. The van der Waals surface area contributed by atoms with Crippen molar-refractivity contribution < 1.29 is 0 Å². The molecule has 1 aromatic carbocycles. The zero-order chi connectivity index (χ0) is 12.4. The van der Waals surface area contributed by atoms with E-state index in [4.69, 9.17) is 0 Å². The third-order valence-electron chi connectivity index (χ3n) is 3.34. The topological polar surface area (TPSA) is 3.24 Å². The van der Waals surface area contributed by atoms with Gasteiger partial charge < -0.3 is 4.90 Å². The van der Waals surface area contributed by atoms with Crippen LogP contribution in [0.25, 0.3) is 0 Å². The van der Waals surface area contributed by atoms with E-state index in [-0.39, 0.29) is 0 Å². The Hall–Kier alpha value is -0.770. The number of hydrogen-bond acceptors (Lipinski definition) is 3. The van der Waals surface area contributed by atoms with Crippen molar-refractivity contribution in [1.82, 2.24) is 4.90 Å². The number of hydrogen-bond donors (Lipinski definition) is 0. The Morgan fingerprint density at radius 2 is 2.11 bits per heavy atom. The van der Waals surface area contributed by atoms with Crippen LogP contribution in [0.3, 0.4) is 0 Å². The third-order valence-corrected chi connectivity index (χ3v) is 5.45. The van der Waals surface area contributed by atoms with E-state index >= 15 is 0 Å². The first-order chi connectivity index (χ1) is 8.83. The van der Waals surface area contributed by atoms with Crippen molar-refractivity contribution >= 4 is 23.1 Å². The second kappa shape index (κ2) is 5.47. The SMILES string of the molecule is CN(Cc1cccs1)CC1CSc2ccccc21. The molecule has 1 nitrogen and oxygen atoms in total. The molecule has 2 aromatic rings. The summed E-state index contributed by atoms with van der Waals surface area (Å²) in [5, 5.41) is 2.16. The van der Waals surface area contributed by atoms with E-state index in [0.717, 1.165) is 13.1 Å². The molecule has 1 aliphatic heterocycles. The molecule has 0 amide bonds. The van der Waals surface area contributed by atoms with E-state index in [9.17, 15) is 0 Å². The summed E-state index contributed by atoms with van der Waals surface area (Å²) in [7, 11) is 2.23. The molecule has 94 valence electrons. The van der Waals surface area contributed by atoms with Crippen molar-refractivity contribution in [2.75, 3.05) is 19.3 Å². The Kier molecular flexibility index (Phi) is 3.73. The predicted molar refractivity (Wildman–Crippen MR) is 80.6 cm³/mol. The minimum Gasteiger partial charge on any atom is -0.301 e. The monoisotopic (exact) mass is 275 g/mol. The molecule has 0 aliphatic carbocycles. The van der Waals surface area contributed by atoms with Crippen LogP contribution in [0.15, 0.2) is 46.7 Å². The van der Waals surface area contributed by atoms with E-state index in [1.54, 1.807) is 5.56 Å². The maximum Gasteiger partial charge on any atom is 0.0325 e. The van der Waals surface area contributed by atoms with Gasteiger partial charge in [0.2, 0.25) is 0 Å². The molecular weight excluding hydrogens is 258 g/mol. The summed E-state index contributed by atoms with van der Waals surface area (Å²) < 4.78 is 0. The largest absolute Gasteiger partial charge is 0.301 e. The number of nitrogens with zero attached hydrogens (tertiary/aromatic N) is 1. The van der Waals surface area contributed by atoms with Gasteiger partial charge in [0.1, 0.15) is 0 Å². The van der Waals surface area contributed by atoms with E-state index in [2.05, 4.69) is 53.7 Å². The maximum absolute atomic E-state index is 2.44. The Balaban J connectivity index is 1.64. The Morgan fingerprint density at radius 1 is 1.22 bits per heavy atom. The van der Waals surface area contributed by atoms with Crippen LogP contribution >= 0.6 is 23.1 Å². The van der Waals surface area contributed by atoms with Crippen molar-refractivity contribution in [3.63, 3.8) is 0 Å². The molecule has 1 aliphatic rings. The molecule has 0 N–H and O–H groups in total. The number of thioether (sulfide) groups is 1. The Labute approximate surface area is 117 Å². The lowest BCUT2D eigenvalue weighted by molar-refractivity contribution is 0.314. The number of likely N-dealkylation sites (N-methyl/N-ethyl adjacent to an activating group) is 1. The zero-order valence-electron chi connectivity index (χ0n) is 10.5. The van der Waals surface area contributed by atoms with Crippen LogP contribution in [0.4, 0.5) is 0 Å². The molecule has 0 saturated carbocycles. The smallest absolute Gasteiger partial charge is 0.0325 e. The van der Waals surface area contributed by atoms with Gasteiger partial charge in [-0.25, -0.2) is 0 Å². The lowest BCUT2D eigenvalue weighted by atomic mass is 10.0. The van der Waals surface area contributed by atoms with Crippen molar-refractivity contribution in [3.05, 3.63) is 52.2 Å². The summed E-state index contributed by atoms with van der Waals surface area (Å²) >= 11 is 3.85. The fourth-order valence-corrected chi connectivity index (χ4v) is 4.52. The summed E-state index contributed by atoms with van der Waals surface area (Å²) in [5.41, 5.74) is 1.54. The Morgan fingerprint density at radius 3 is 2.94 bits per heavy atom. The highest BCUT2D eigenvalue weighted by atomic mass is 32.2. The lowest BCUT2D eigenvalue weighted by Gasteiger charge is -2.20. The van der Waals surface area contributed by atoms with Gasteiger partial charge >= 0.3 is 0 Å². The van der Waals surface area contributed by atoms with Crippen LogP contribution in [-0.2, 0) is 6.54 Å². The van der Waals surface area contributed by atoms with Crippen LogP contribution in [0.5, 0.6) is 0 Å². The van der Waals surface area contributed by atoms with Gasteiger partial charge in [0.25, 0.3) is 0 Å². The predicted octanol–water partition coefficient (Wildman–Crippen LogP) is 4.07. The van der Waals surface area contributed by atoms with E-state index in [1.165, 1.54) is 15.5 Å². The fraction of sp³-hybridized carbons (Fsp3) is 0.333. The van der Waals surface area contributed by atoms with Gasteiger partial charge in [0, 0.05) is 34.5 Å². The molecule has 2 heterocycles. The van der Waals surface area contributed by atoms with E-state index in [0.29, 0.717) is 5.92 Å². The number of benzene rings is 1. The fourth-order valence-electron chi connectivity index (χ4n) is 2.49. The minimum atomic E-state index is 0.691. The van der Waals surface area contributed by atoms with E-state index in [1.807, 2.05) is 23.1 Å². The number of fused-ring (bicyclic) bond motifs is 1. The molecule has 18 heavy (non-hydrogen) atoms. The molecular formula is C15H17NS2. The normalized spacial score (nSPS) is 18.2. The molecule has 1 aromatic heterocycles. The van der Waals surface area contributed by atoms with Gasteiger partial charge in [-0.2, -0.15) is 0 Å². The van der Waals surface area contributed by atoms with Crippen molar-refractivity contribution in [2.24, 2.45) is 0 Å². The van der Waals surface area contributed by atoms with E-state index < -0.39 is 0 Å². The van der Waals surface area contributed by atoms with Crippen LogP contribution in [0.1, 0.15) is 16.4 Å². The average Bonchev–Trinajstić information content (AvgIpc) is 3.00. The maximum atomic E-state index is 2.44. The molecule has 0 bridgehead atoms. The number of rotatable bonds is 4. The minimum absolute atomic E-state index is 0.691. The van der Waals surface area contributed by atoms with Gasteiger partial charge in [-0.15, -0.1) is 23.1 Å². The summed E-state index contributed by atoms with van der Waals surface area (Å²) in [4.78, 5) is 5.38. The van der Waals surface area contributed by atoms with Crippen LogP contribution in [0, 0.1) is 0 Å². The molecule has 0 saturated heterocycles. The zero-order valence-corrected chi connectivity index (χ0v) is 12.1. The van der Waals surface area contributed by atoms with Gasteiger partial charge in [-0.05, 0) is 30.1 Å². The number of thiophene rings is 1. The highest BCUT2D eigenvalue weighted by molar-refractivity contribution is 7.99. The van der Waals surface area contributed by atoms with Crippen LogP contribution in [-0.4, -0.2) is 24.2 Å². The molecule has 3 heteroatoms. The van der Waals surface area contributed by atoms with Crippen LogP contribution < -0.4 is 0 Å². The average molecular weight is 275 g/mol. The second-order valence-corrected chi connectivity index (χ2v) is 6.92. The molecule has 0 radical (unpaired) electrons. The second-order valence-electron chi connectivity index (χ2n) is 4.82. The Bertz CT molecular complexity index is 507. The lowest BCUT2D eigenvalue weighted by Crippen LogP contribution is -2.23. The first-order valence-electron chi connectivity index (χ1n) is 6.25. The summed E-state index contributed by atoms with van der Waals surface area (Å²) in [6.07, 6.45) is 0. The van der Waals surface area contributed by atoms with Gasteiger partial charge in [0.15, 0.2) is 0 Å². The van der Waals surface area contributed by atoms with Crippen molar-refractivity contribution in [1.29, 1.82) is 0 Å². The molecule has 0 spiro atoms. The summed E-state index contributed by atoms with van der Waals surface area (Å²) in [5.74, 6) is 1.92. The molecule has 3 rings (SSSR count). The molecule has 0 fully saturated rings. The van der Waals surface area contributed by atoms with Gasteiger partial charge in [-0.1, -0.05) is 24.3 Å². The van der Waals surface area contributed by atoms with Crippen molar-refractivity contribution in [2.45, 2.75) is 17.4 Å². The standard InChI is InChI=1S/C15H17NS2/c1-16(10-13-5-4-8-17-13)9-12-11-18-15-7-3-2-6-14(12)15/h2-8,12H,9-11H2,1H3. The molecule has 1 atom stereocenters. The summed E-state index contributed by atoms with van der Waals surface area (Å²) in [6, 6.07) is 13.2. The molecule has 1 unspecified atom stereocenters. The highest BCUT2D eigenvalue weighted by Crippen LogP contribution is 2.39. The first-order valence-corrected chi connectivity index (χ1v) is 8.12. The van der Waals surface area contributed by atoms with Gasteiger partial charge in [0.05, 0.1) is 0 Å². The van der Waals surface area contributed by atoms with Gasteiger partial charge in [-0.3, -0.25) is 0 Å².